The average molecular weight is 498 g/mol. The molecule has 1 N–H and O–H groups in total. The van der Waals surface area contributed by atoms with Gasteiger partial charge in [0.25, 0.3) is 5.91 Å². The van der Waals surface area contributed by atoms with Gasteiger partial charge in [-0.05, 0) is 65.4 Å². The monoisotopic (exact) mass is 497 g/mol. The minimum atomic E-state index is -2.88. The lowest BCUT2D eigenvalue weighted by atomic mass is 9.98. The Bertz CT molecular complexity index is 854. The summed E-state index contributed by atoms with van der Waals surface area (Å²) in [5.41, 5.74) is 0.420. The SMILES string of the molecule is CC(O[PH](=O)C(CCCc1ccccc1)OCOC(=O)C(C)(C)C)C(=O)N1CCC[C@H]1C(=O)O. The number of benzene rings is 1. The van der Waals surface area contributed by atoms with Crippen molar-refractivity contribution in [2.45, 2.75) is 77.8 Å². The van der Waals surface area contributed by atoms with Gasteiger partial charge in [0.2, 0.25) is 8.03 Å². The van der Waals surface area contributed by atoms with Crippen molar-refractivity contribution in [2.24, 2.45) is 5.41 Å². The minimum Gasteiger partial charge on any atom is -0.480 e. The molecule has 0 saturated carbocycles. The van der Waals surface area contributed by atoms with Gasteiger partial charge in [0, 0.05) is 6.54 Å². The summed E-state index contributed by atoms with van der Waals surface area (Å²) in [4.78, 5) is 37.4. The van der Waals surface area contributed by atoms with Crippen LogP contribution in [0.15, 0.2) is 30.3 Å². The first-order valence-electron chi connectivity index (χ1n) is 11.6. The normalized spacial score (nSPS) is 18.8. The van der Waals surface area contributed by atoms with Crippen molar-refractivity contribution in [1.82, 2.24) is 4.90 Å². The molecule has 1 saturated heterocycles. The van der Waals surface area contributed by atoms with Crippen LogP contribution in [-0.4, -0.2) is 59.2 Å². The largest absolute Gasteiger partial charge is 0.480 e. The molecule has 0 spiro atoms. The highest BCUT2D eigenvalue weighted by molar-refractivity contribution is 7.39. The van der Waals surface area contributed by atoms with Crippen molar-refractivity contribution in [2.75, 3.05) is 13.3 Å². The lowest BCUT2D eigenvalue weighted by Gasteiger charge is -2.26. The number of esters is 1. The van der Waals surface area contributed by atoms with E-state index >= 15 is 0 Å². The van der Waals surface area contributed by atoms with Crippen LogP contribution in [0.25, 0.3) is 0 Å². The number of amides is 1. The van der Waals surface area contributed by atoms with E-state index in [0.717, 1.165) is 12.0 Å². The fraction of sp³-hybridized carbons (Fsp3) is 0.625. The van der Waals surface area contributed by atoms with Gasteiger partial charge in [-0.2, -0.15) is 0 Å². The molecule has 1 aromatic rings. The Morgan fingerprint density at radius 2 is 1.88 bits per heavy atom. The van der Waals surface area contributed by atoms with E-state index < -0.39 is 49.3 Å². The average Bonchev–Trinajstić information content (AvgIpc) is 3.27. The summed E-state index contributed by atoms with van der Waals surface area (Å²) in [6.45, 7) is 6.56. The maximum absolute atomic E-state index is 13.0. The number of hydrogen-bond acceptors (Lipinski definition) is 7. The summed E-state index contributed by atoms with van der Waals surface area (Å²) in [6, 6.07) is 8.91. The van der Waals surface area contributed by atoms with Crippen LogP contribution in [0, 0.1) is 5.41 Å². The number of carboxylic acid groups (broad SMARTS) is 1. The second-order valence-electron chi connectivity index (χ2n) is 9.44. The predicted molar refractivity (Wildman–Crippen MR) is 127 cm³/mol. The molecule has 0 bridgehead atoms. The van der Waals surface area contributed by atoms with E-state index in [1.807, 2.05) is 30.3 Å². The van der Waals surface area contributed by atoms with Gasteiger partial charge in [0.1, 0.15) is 18.0 Å². The molecule has 0 radical (unpaired) electrons. The van der Waals surface area contributed by atoms with Gasteiger partial charge in [-0.25, -0.2) is 4.79 Å². The molecule has 1 aliphatic heterocycles. The Labute approximate surface area is 201 Å². The van der Waals surface area contributed by atoms with E-state index in [2.05, 4.69) is 0 Å². The topological polar surface area (TPSA) is 119 Å². The third-order valence-corrected chi connectivity index (χ3v) is 7.14. The van der Waals surface area contributed by atoms with Crippen molar-refractivity contribution >= 4 is 25.9 Å². The zero-order valence-electron chi connectivity index (χ0n) is 20.3. The van der Waals surface area contributed by atoms with Crippen molar-refractivity contribution < 1.29 is 38.1 Å². The van der Waals surface area contributed by atoms with E-state index in [0.29, 0.717) is 32.2 Å². The van der Waals surface area contributed by atoms with Crippen LogP contribution in [0.3, 0.4) is 0 Å². The van der Waals surface area contributed by atoms with Gasteiger partial charge in [-0.3, -0.25) is 14.2 Å². The van der Waals surface area contributed by atoms with Crippen LogP contribution in [0.1, 0.15) is 58.9 Å². The molecular weight excluding hydrogens is 461 g/mol. The number of ether oxygens (including phenoxy) is 2. The van der Waals surface area contributed by atoms with Crippen molar-refractivity contribution in [3.8, 4) is 0 Å². The van der Waals surface area contributed by atoms with Crippen LogP contribution in [-0.2, 0) is 39.4 Å². The van der Waals surface area contributed by atoms with Gasteiger partial charge in [0.05, 0.1) is 5.41 Å². The van der Waals surface area contributed by atoms with E-state index in [1.165, 1.54) is 11.8 Å². The molecule has 190 valence electrons. The van der Waals surface area contributed by atoms with Crippen molar-refractivity contribution in [3.05, 3.63) is 35.9 Å². The molecule has 0 aliphatic carbocycles. The summed E-state index contributed by atoms with van der Waals surface area (Å²) in [5, 5.41) is 9.32. The van der Waals surface area contributed by atoms with Gasteiger partial charge in [-0.1, -0.05) is 30.3 Å². The second-order valence-corrected chi connectivity index (χ2v) is 11.0. The van der Waals surface area contributed by atoms with E-state index in [4.69, 9.17) is 14.0 Å². The molecule has 1 aliphatic rings. The van der Waals surface area contributed by atoms with Gasteiger partial charge < -0.3 is 24.0 Å². The number of rotatable bonds is 12. The van der Waals surface area contributed by atoms with Gasteiger partial charge in [-0.15, -0.1) is 0 Å². The van der Waals surface area contributed by atoms with Crippen LogP contribution in [0.4, 0.5) is 0 Å². The smallest absolute Gasteiger partial charge is 0.326 e. The molecular formula is C24H36NO8P. The maximum Gasteiger partial charge on any atom is 0.326 e. The molecule has 4 atom stereocenters. The first kappa shape index (κ1) is 28.0. The number of carbonyl (C=O) groups excluding carboxylic acids is 2. The van der Waals surface area contributed by atoms with Crippen molar-refractivity contribution in [1.29, 1.82) is 0 Å². The Morgan fingerprint density at radius 3 is 2.50 bits per heavy atom. The highest BCUT2D eigenvalue weighted by Gasteiger charge is 2.37. The fourth-order valence-corrected chi connectivity index (χ4v) is 4.86. The van der Waals surface area contributed by atoms with Crippen LogP contribution in [0.2, 0.25) is 0 Å². The third-order valence-electron chi connectivity index (χ3n) is 5.57. The molecule has 3 unspecified atom stereocenters. The standard InChI is InChI=1S/C24H36NO8P/c1-17(21(26)25-15-9-13-19(25)22(27)28)33-34(30)20(31-16-32-23(29)24(2,3)4)14-8-12-18-10-6-5-7-11-18/h5-7,10-11,17,19-20,34H,8-9,12-16H2,1-4H3,(H,27,28)/t17?,19-,20?/m0/s1. The summed E-state index contributed by atoms with van der Waals surface area (Å²) in [6.07, 6.45) is 1.66. The van der Waals surface area contributed by atoms with E-state index in [-0.39, 0.29) is 6.79 Å². The first-order valence-corrected chi connectivity index (χ1v) is 13.0. The summed E-state index contributed by atoms with van der Waals surface area (Å²) < 4.78 is 29.3. The first-order chi connectivity index (χ1) is 16.0. The van der Waals surface area contributed by atoms with Crippen LogP contribution < -0.4 is 0 Å². The number of aryl methyl sites for hydroxylation is 1. The molecule has 10 heteroatoms. The van der Waals surface area contributed by atoms with Crippen LogP contribution in [0.5, 0.6) is 0 Å². The molecule has 9 nitrogen and oxygen atoms in total. The van der Waals surface area contributed by atoms with Gasteiger partial charge in [0.15, 0.2) is 6.79 Å². The zero-order chi connectivity index (χ0) is 25.3. The number of nitrogens with zero attached hydrogens (tertiary/aromatic N) is 1. The quantitative estimate of drug-likeness (QED) is 0.263. The fourth-order valence-electron chi connectivity index (χ4n) is 3.61. The van der Waals surface area contributed by atoms with E-state index in [1.54, 1.807) is 20.8 Å². The third kappa shape index (κ3) is 8.53. The molecule has 1 fully saturated rings. The van der Waals surface area contributed by atoms with Gasteiger partial charge >= 0.3 is 11.9 Å². The lowest BCUT2D eigenvalue weighted by Crippen LogP contribution is -2.45. The summed E-state index contributed by atoms with van der Waals surface area (Å²) >= 11 is 0. The highest BCUT2D eigenvalue weighted by Crippen LogP contribution is 2.36. The Kier molecular flexibility index (Phi) is 10.7. The predicted octanol–water partition coefficient (Wildman–Crippen LogP) is 3.85. The molecule has 0 aromatic heterocycles. The number of hydrogen-bond donors (Lipinski definition) is 1. The lowest BCUT2D eigenvalue weighted by molar-refractivity contribution is -0.167. The maximum atomic E-state index is 13.0. The molecule has 1 amide bonds. The summed E-state index contributed by atoms with van der Waals surface area (Å²) in [7, 11) is -2.88. The molecule has 1 aromatic carbocycles. The number of likely N-dealkylation sites (tertiary alicyclic amines) is 1. The Hall–Kier alpha value is -2.22. The molecule has 2 rings (SSSR count). The zero-order valence-corrected chi connectivity index (χ0v) is 21.3. The Morgan fingerprint density at radius 1 is 1.21 bits per heavy atom. The number of carboxylic acids is 1. The molecule has 34 heavy (non-hydrogen) atoms. The molecule has 1 heterocycles. The number of aliphatic carboxylic acids is 1. The van der Waals surface area contributed by atoms with Crippen molar-refractivity contribution in [3.63, 3.8) is 0 Å². The summed E-state index contributed by atoms with van der Waals surface area (Å²) in [5.74, 6) is -2.88. The van der Waals surface area contributed by atoms with Crippen LogP contribution >= 0.6 is 8.03 Å². The number of carbonyl (C=O) groups is 3. The highest BCUT2D eigenvalue weighted by atomic mass is 31.1. The van der Waals surface area contributed by atoms with E-state index in [9.17, 15) is 24.1 Å². The minimum absolute atomic E-state index is 0.324. The Balaban J connectivity index is 1.97. The second kappa shape index (κ2) is 13.0.